The van der Waals surface area contributed by atoms with Crippen LogP contribution in [-0.4, -0.2) is 95.9 Å². The van der Waals surface area contributed by atoms with Crippen molar-refractivity contribution in [3.63, 3.8) is 0 Å². The number of amides is 1. The number of fused-ring (bicyclic) bond motifs is 1. The number of halogens is 4. The molecule has 2 N–H and O–H groups in total. The van der Waals surface area contributed by atoms with Crippen LogP contribution in [0, 0.1) is 13.5 Å². The van der Waals surface area contributed by atoms with Gasteiger partial charge in [-0.1, -0.05) is 11.6 Å². The Morgan fingerprint density at radius 3 is 2.64 bits per heavy atom. The van der Waals surface area contributed by atoms with Crippen LogP contribution < -0.4 is 14.8 Å². The number of nitrogens with one attached hydrogen (secondary N) is 2. The van der Waals surface area contributed by atoms with Crippen molar-refractivity contribution in [1.82, 2.24) is 19.8 Å². The Balaban J connectivity index is 1.32. The van der Waals surface area contributed by atoms with Crippen LogP contribution in [0.4, 0.5) is 18.9 Å². The number of aryl methyl sites for hydroxylation is 1. The van der Waals surface area contributed by atoms with E-state index in [1.165, 1.54) is 6.07 Å². The van der Waals surface area contributed by atoms with Crippen molar-refractivity contribution in [3.05, 3.63) is 63.5 Å². The number of rotatable bonds is 12. The highest BCUT2D eigenvalue weighted by Gasteiger charge is 2.39. The second kappa shape index (κ2) is 14.0. The Morgan fingerprint density at radius 2 is 1.98 bits per heavy atom. The number of nitrogens with zero attached hydrogens (tertiary/aromatic N) is 3. The van der Waals surface area contributed by atoms with E-state index in [0.29, 0.717) is 54.5 Å². The van der Waals surface area contributed by atoms with Crippen molar-refractivity contribution in [2.75, 3.05) is 53.5 Å². The summed E-state index contributed by atoms with van der Waals surface area (Å²) in [6.07, 6.45) is -4.11. The van der Waals surface area contributed by atoms with Gasteiger partial charge in [0.1, 0.15) is 11.9 Å². The number of likely N-dealkylation sites (N-methyl/N-ethyl adjacent to an activating group) is 1. The van der Waals surface area contributed by atoms with Gasteiger partial charge in [0, 0.05) is 30.7 Å². The quantitative estimate of drug-likeness (QED) is 0.264. The average Bonchev–Trinajstić information content (AvgIpc) is 3.54. The number of benzene rings is 2. The smallest absolute Gasteiger partial charge is 0.471 e. The molecule has 1 amide bonds. The van der Waals surface area contributed by atoms with E-state index in [-0.39, 0.29) is 36.7 Å². The van der Waals surface area contributed by atoms with Crippen LogP contribution in [0.2, 0.25) is 5.02 Å². The normalized spacial score (nSPS) is 20.5. The molecule has 1 saturated heterocycles. The highest BCUT2D eigenvalue weighted by atomic mass is 35.5. The lowest BCUT2D eigenvalue weighted by Gasteiger charge is -2.28. The highest BCUT2D eigenvalue weighted by Crippen LogP contribution is 2.43. The third kappa shape index (κ3) is 8.21. The Kier molecular flexibility index (Phi) is 10.8. The molecule has 15 heteroatoms. The molecule has 0 unspecified atom stereocenters. The van der Waals surface area contributed by atoms with Crippen molar-refractivity contribution in [2.24, 2.45) is 0 Å². The molecule has 0 bridgehead atoms. The van der Waals surface area contributed by atoms with Gasteiger partial charge in [0.2, 0.25) is 10.0 Å². The molecule has 1 aliphatic carbocycles. The van der Waals surface area contributed by atoms with Gasteiger partial charge >= 0.3 is 12.1 Å². The Hall–Kier alpha value is -2.93. The van der Waals surface area contributed by atoms with E-state index in [1.807, 2.05) is 30.0 Å². The zero-order valence-corrected chi connectivity index (χ0v) is 26.2. The molecule has 4 rings (SSSR count). The predicted octanol–water partition coefficient (Wildman–Crippen LogP) is 3.85. The summed E-state index contributed by atoms with van der Waals surface area (Å²) in [5.74, 6) is -1.48. The molecule has 240 valence electrons. The largest absolute Gasteiger partial charge is 0.484 e. The number of carbonyl (C=O) groups excluding carboxylic acids is 1. The van der Waals surface area contributed by atoms with Gasteiger partial charge in [-0.25, -0.2) is 18.0 Å². The van der Waals surface area contributed by atoms with E-state index in [1.54, 1.807) is 30.4 Å². The maximum Gasteiger partial charge on any atom is 0.471 e. The van der Waals surface area contributed by atoms with Crippen LogP contribution in [0.1, 0.15) is 29.2 Å². The molecule has 0 radical (unpaired) electrons. The highest BCUT2D eigenvalue weighted by molar-refractivity contribution is 7.89. The summed E-state index contributed by atoms with van der Waals surface area (Å²) < 4.78 is 77.5. The molecular formula is C29H35ClF3N5O5S. The number of alkyl halides is 3. The second-order valence-corrected chi connectivity index (χ2v) is 13.2. The number of sulfonamides is 1. The monoisotopic (exact) mass is 657 g/mol. The molecule has 0 aromatic heterocycles. The van der Waals surface area contributed by atoms with Crippen molar-refractivity contribution in [3.8, 4) is 5.75 Å². The van der Waals surface area contributed by atoms with Gasteiger partial charge < -0.3 is 19.7 Å². The molecule has 2 aromatic rings. The molecular weight excluding hydrogens is 623 g/mol. The van der Waals surface area contributed by atoms with Crippen molar-refractivity contribution < 1.29 is 35.9 Å². The summed E-state index contributed by atoms with van der Waals surface area (Å²) in [5, 5.41) is 2.20. The summed E-state index contributed by atoms with van der Waals surface area (Å²) in [4.78, 5) is 18.6. The molecule has 1 aliphatic heterocycles. The van der Waals surface area contributed by atoms with E-state index in [4.69, 9.17) is 27.6 Å². The lowest BCUT2D eigenvalue weighted by molar-refractivity contribution is -0.173. The number of carbonyl (C=O) groups is 1. The van der Waals surface area contributed by atoms with Crippen LogP contribution >= 0.6 is 11.6 Å². The summed E-state index contributed by atoms with van der Waals surface area (Å²) in [6, 6.07) is 7.84. The standard InChI is InChI=1S/C29H35ClF3N5O5S/c1-18-13-21(5-6-26(18)43-27-23-14-19(30)15-24(34-2)22(23)16-25(27)37(3)4)44(40,41)36-20-7-9-38(17-20)10-12-42-11-8-35-28(39)29(31,32)33/h5-6,13-15,20,25,27,36H,7-12,16-17H2,1,3-4H3,(H,35,39)/t20-,25-,27-/m0/s1. The van der Waals surface area contributed by atoms with Gasteiger partial charge in [-0.15, -0.1) is 0 Å². The minimum Gasteiger partial charge on any atom is -0.484 e. The average molecular weight is 658 g/mol. The minimum atomic E-state index is -4.93. The van der Waals surface area contributed by atoms with E-state index in [2.05, 4.69) is 9.57 Å². The first-order valence-corrected chi connectivity index (χ1v) is 15.9. The zero-order chi connectivity index (χ0) is 32.2. The number of hydrogen-bond donors (Lipinski definition) is 2. The number of hydrogen-bond acceptors (Lipinski definition) is 7. The van der Waals surface area contributed by atoms with Gasteiger partial charge in [-0.2, -0.15) is 13.2 Å². The molecule has 44 heavy (non-hydrogen) atoms. The van der Waals surface area contributed by atoms with Crippen molar-refractivity contribution >= 4 is 33.2 Å². The Labute approximate surface area is 260 Å². The third-order valence-corrected chi connectivity index (χ3v) is 9.46. The topological polar surface area (TPSA) is 105 Å². The lowest BCUT2D eigenvalue weighted by Crippen LogP contribution is -2.39. The first-order valence-electron chi connectivity index (χ1n) is 14.0. The third-order valence-electron chi connectivity index (χ3n) is 7.72. The number of ether oxygens (including phenoxy) is 2. The fourth-order valence-corrected chi connectivity index (χ4v) is 7.02. The van der Waals surface area contributed by atoms with Crippen LogP contribution in [0.5, 0.6) is 5.75 Å². The molecule has 0 spiro atoms. The summed E-state index contributed by atoms with van der Waals surface area (Å²) >= 11 is 6.31. The second-order valence-electron chi connectivity index (χ2n) is 11.1. The molecule has 1 heterocycles. The summed E-state index contributed by atoms with van der Waals surface area (Å²) in [5.41, 5.74) is 2.90. The predicted molar refractivity (Wildman–Crippen MR) is 158 cm³/mol. The molecule has 0 saturated carbocycles. The fourth-order valence-electron chi connectivity index (χ4n) is 5.45. The van der Waals surface area contributed by atoms with E-state index < -0.39 is 28.2 Å². The van der Waals surface area contributed by atoms with Gasteiger partial charge in [-0.05, 0) is 87.4 Å². The molecule has 2 aliphatic rings. The maximum atomic E-state index is 13.2. The van der Waals surface area contributed by atoms with Gasteiger partial charge in [-0.3, -0.25) is 9.69 Å². The SMILES string of the molecule is [C-]#[N+]c1cc(Cl)cc2c1C[C@H](N(C)C)[C@H]2Oc1ccc(S(=O)(=O)N[C@H]2CCN(CCOCCNC(=O)C(F)(F)F)C2)cc1C. The maximum absolute atomic E-state index is 13.2. The van der Waals surface area contributed by atoms with E-state index in [9.17, 15) is 26.4 Å². The van der Waals surface area contributed by atoms with Crippen molar-refractivity contribution in [1.29, 1.82) is 0 Å². The molecule has 3 atom stereocenters. The summed E-state index contributed by atoms with van der Waals surface area (Å²) in [7, 11) is 0.0624. The van der Waals surface area contributed by atoms with Crippen LogP contribution in [-0.2, 0) is 26.0 Å². The van der Waals surface area contributed by atoms with Gasteiger partial charge in [0.05, 0.1) is 30.7 Å². The van der Waals surface area contributed by atoms with Crippen LogP contribution in [0.15, 0.2) is 35.2 Å². The van der Waals surface area contributed by atoms with E-state index in [0.717, 1.165) is 11.1 Å². The fraction of sp³-hybridized carbons (Fsp3) is 0.517. The zero-order valence-electron chi connectivity index (χ0n) is 24.6. The molecule has 2 aromatic carbocycles. The van der Waals surface area contributed by atoms with E-state index >= 15 is 0 Å². The molecule has 1 fully saturated rings. The van der Waals surface area contributed by atoms with Gasteiger partial charge in [0.25, 0.3) is 0 Å². The Morgan fingerprint density at radius 1 is 1.23 bits per heavy atom. The minimum absolute atomic E-state index is 0.0422. The number of likely N-dealkylation sites (tertiary alicyclic amines) is 1. The molecule has 10 nitrogen and oxygen atoms in total. The first kappa shape index (κ1) is 34.0. The lowest BCUT2D eigenvalue weighted by atomic mass is 10.1. The first-order chi connectivity index (χ1) is 20.7. The summed E-state index contributed by atoms with van der Waals surface area (Å²) in [6.45, 7) is 10.8. The van der Waals surface area contributed by atoms with Crippen LogP contribution in [0.25, 0.3) is 4.85 Å². The van der Waals surface area contributed by atoms with Crippen LogP contribution in [0.3, 0.4) is 0 Å². The van der Waals surface area contributed by atoms with Crippen molar-refractivity contribution in [2.45, 2.75) is 49.0 Å². The van der Waals surface area contributed by atoms with Gasteiger partial charge in [0.15, 0.2) is 5.69 Å². The Bertz CT molecular complexity index is 1520.